The molecule has 0 aliphatic heterocycles. The maximum Gasteiger partial charge on any atom is 0.540 e. The Bertz CT molecular complexity index is 184. The number of hydrogen-bond donors (Lipinski definition) is 0. The van der Waals surface area contributed by atoms with E-state index in [-0.39, 0.29) is 6.10 Å². The normalized spacial score (nSPS) is 10.7. The van der Waals surface area contributed by atoms with Gasteiger partial charge in [0.2, 0.25) is 0 Å². The first-order valence-electron chi connectivity index (χ1n) is 7.24. The molecule has 0 unspecified atom stereocenters. The molecule has 18 heavy (non-hydrogen) atoms. The molecule has 0 aromatic heterocycles. The Morgan fingerprint density at radius 3 is 1.94 bits per heavy atom. The average Bonchev–Trinajstić information content (AvgIpc) is 2.36. The van der Waals surface area contributed by atoms with Crippen LogP contribution in [0.3, 0.4) is 0 Å². The zero-order chi connectivity index (χ0) is 13.6. The summed E-state index contributed by atoms with van der Waals surface area (Å²) < 4.78 is 5.26. The molecule has 0 spiro atoms. The molecule has 0 aliphatic carbocycles. The van der Waals surface area contributed by atoms with Gasteiger partial charge in [-0.25, -0.2) is 4.79 Å². The molecule has 0 saturated heterocycles. The van der Waals surface area contributed by atoms with Gasteiger partial charge in [-0.3, -0.25) is 4.89 Å². The van der Waals surface area contributed by atoms with Gasteiger partial charge in [0.1, 0.15) is 6.10 Å². The first kappa shape index (κ1) is 17.2. The van der Waals surface area contributed by atoms with Gasteiger partial charge < -0.3 is 4.74 Å². The molecule has 0 fully saturated rings. The SMILES string of the molecule is CCCCCC(CCCCC)OC(=O)OOCC. The van der Waals surface area contributed by atoms with E-state index >= 15 is 0 Å². The monoisotopic (exact) mass is 260 g/mol. The highest BCUT2D eigenvalue weighted by Crippen LogP contribution is 2.15. The van der Waals surface area contributed by atoms with Gasteiger partial charge in [-0.15, -0.1) is 0 Å². The Labute approximate surface area is 111 Å². The first-order chi connectivity index (χ1) is 8.74. The number of unbranched alkanes of at least 4 members (excludes halogenated alkanes) is 4. The number of hydrogen-bond acceptors (Lipinski definition) is 4. The van der Waals surface area contributed by atoms with Gasteiger partial charge >= 0.3 is 6.16 Å². The topological polar surface area (TPSA) is 44.8 Å². The lowest BCUT2D eigenvalue weighted by atomic mass is 10.0. The van der Waals surface area contributed by atoms with E-state index in [1.807, 2.05) is 0 Å². The van der Waals surface area contributed by atoms with Crippen molar-refractivity contribution in [2.75, 3.05) is 6.61 Å². The van der Waals surface area contributed by atoms with Gasteiger partial charge in [-0.1, -0.05) is 39.5 Å². The van der Waals surface area contributed by atoms with Crippen molar-refractivity contribution >= 4 is 6.16 Å². The van der Waals surface area contributed by atoms with Crippen molar-refractivity contribution in [3.63, 3.8) is 0 Å². The van der Waals surface area contributed by atoms with Crippen molar-refractivity contribution in [1.82, 2.24) is 0 Å². The standard InChI is InChI=1S/C14H28O4/c1-4-7-9-11-13(12-10-8-5-2)17-14(15)18-16-6-3/h13H,4-12H2,1-3H3. The van der Waals surface area contributed by atoms with Crippen molar-refractivity contribution in [2.45, 2.75) is 78.2 Å². The van der Waals surface area contributed by atoms with Crippen LogP contribution >= 0.6 is 0 Å². The summed E-state index contributed by atoms with van der Waals surface area (Å²) in [4.78, 5) is 20.4. The minimum atomic E-state index is -0.713. The van der Waals surface area contributed by atoms with E-state index < -0.39 is 6.16 Å². The summed E-state index contributed by atoms with van der Waals surface area (Å²) in [6, 6.07) is 0. The van der Waals surface area contributed by atoms with E-state index in [2.05, 4.69) is 23.6 Å². The summed E-state index contributed by atoms with van der Waals surface area (Å²) in [7, 11) is 0. The quantitative estimate of drug-likeness (QED) is 0.235. The van der Waals surface area contributed by atoms with Crippen LogP contribution in [0.1, 0.15) is 72.1 Å². The Morgan fingerprint density at radius 1 is 0.944 bits per heavy atom. The van der Waals surface area contributed by atoms with E-state index in [1.54, 1.807) is 6.92 Å². The highest BCUT2D eigenvalue weighted by atomic mass is 17.2. The maximum absolute atomic E-state index is 11.3. The fraction of sp³-hybridized carbons (Fsp3) is 0.929. The van der Waals surface area contributed by atoms with Gasteiger partial charge in [0, 0.05) is 0 Å². The van der Waals surface area contributed by atoms with Crippen LogP contribution in [0.25, 0.3) is 0 Å². The van der Waals surface area contributed by atoms with Crippen LogP contribution in [0.4, 0.5) is 4.79 Å². The third-order valence-corrected chi connectivity index (χ3v) is 2.77. The molecule has 0 bridgehead atoms. The van der Waals surface area contributed by atoms with Gasteiger partial charge in [-0.2, -0.15) is 4.89 Å². The van der Waals surface area contributed by atoms with Crippen molar-refractivity contribution in [1.29, 1.82) is 0 Å². The number of rotatable bonds is 11. The third-order valence-electron chi connectivity index (χ3n) is 2.77. The summed E-state index contributed by atoms with van der Waals surface area (Å²) in [6.45, 7) is 6.42. The second-order valence-electron chi connectivity index (χ2n) is 4.47. The molecular formula is C14H28O4. The van der Waals surface area contributed by atoms with Crippen LogP contribution in [-0.2, 0) is 14.5 Å². The van der Waals surface area contributed by atoms with Crippen LogP contribution < -0.4 is 0 Å². The number of carbonyl (C=O) groups excluding carboxylic acids is 1. The predicted molar refractivity (Wildman–Crippen MR) is 71.3 cm³/mol. The lowest BCUT2D eigenvalue weighted by molar-refractivity contribution is -0.254. The molecule has 0 aromatic carbocycles. The van der Waals surface area contributed by atoms with Crippen LogP contribution in [0.15, 0.2) is 0 Å². The molecule has 0 saturated carbocycles. The summed E-state index contributed by atoms with van der Waals surface area (Å²) in [5.41, 5.74) is 0. The lowest BCUT2D eigenvalue weighted by Gasteiger charge is -2.16. The predicted octanol–water partition coefficient (Wildman–Crippen LogP) is 4.62. The maximum atomic E-state index is 11.3. The van der Waals surface area contributed by atoms with E-state index in [0.29, 0.717) is 6.61 Å². The minimum Gasteiger partial charge on any atom is -0.429 e. The smallest absolute Gasteiger partial charge is 0.429 e. The molecule has 0 aliphatic rings. The van der Waals surface area contributed by atoms with Crippen LogP contribution in [-0.4, -0.2) is 18.9 Å². The van der Waals surface area contributed by atoms with Gasteiger partial charge in [0.05, 0.1) is 6.61 Å². The second kappa shape index (κ2) is 12.7. The molecule has 4 nitrogen and oxygen atoms in total. The molecule has 0 atom stereocenters. The van der Waals surface area contributed by atoms with Crippen LogP contribution in [0, 0.1) is 0 Å². The molecule has 0 heterocycles. The van der Waals surface area contributed by atoms with Crippen molar-refractivity contribution in [3.8, 4) is 0 Å². The summed E-state index contributed by atoms with van der Waals surface area (Å²) in [5, 5.41) is 0. The third kappa shape index (κ3) is 10.4. The zero-order valence-electron chi connectivity index (χ0n) is 12.1. The average molecular weight is 260 g/mol. The Morgan fingerprint density at radius 2 is 1.50 bits per heavy atom. The van der Waals surface area contributed by atoms with Crippen molar-refractivity contribution < 1.29 is 19.3 Å². The second-order valence-corrected chi connectivity index (χ2v) is 4.47. The summed E-state index contributed by atoms with van der Waals surface area (Å²) in [6.07, 6.45) is 7.96. The zero-order valence-corrected chi connectivity index (χ0v) is 12.1. The molecule has 0 amide bonds. The molecule has 0 radical (unpaired) electrons. The lowest BCUT2D eigenvalue weighted by Crippen LogP contribution is -2.19. The van der Waals surface area contributed by atoms with Crippen molar-refractivity contribution in [3.05, 3.63) is 0 Å². The molecule has 0 N–H and O–H groups in total. The largest absolute Gasteiger partial charge is 0.540 e. The van der Waals surface area contributed by atoms with Gasteiger partial charge in [-0.05, 0) is 32.6 Å². The van der Waals surface area contributed by atoms with Crippen molar-refractivity contribution in [2.24, 2.45) is 0 Å². The number of carbonyl (C=O) groups is 1. The number of ether oxygens (including phenoxy) is 1. The highest BCUT2D eigenvalue weighted by Gasteiger charge is 2.15. The van der Waals surface area contributed by atoms with E-state index in [0.717, 1.165) is 25.7 Å². The van der Waals surface area contributed by atoms with Crippen LogP contribution in [0.2, 0.25) is 0 Å². The minimum absolute atomic E-state index is 0.0314. The summed E-state index contributed by atoms with van der Waals surface area (Å²) in [5.74, 6) is 0. The first-order valence-corrected chi connectivity index (χ1v) is 7.24. The Balaban J connectivity index is 3.89. The molecule has 4 heteroatoms. The van der Waals surface area contributed by atoms with E-state index in [9.17, 15) is 4.79 Å². The van der Waals surface area contributed by atoms with E-state index in [1.165, 1.54) is 25.7 Å². The fourth-order valence-corrected chi connectivity index (χ4v) is 1.77. The Kier molecular flexibility index (Phi) is 12.1. The molecule has 108 valence electrons. The molecule has 0 aromatic rings. The van der Waals surface area contributed by atoms with E-state index in [4.69, 9.17) is 4.74 Å². The van der Waals surface area contributed by atoms with Crippen LogP contribution in [0.5, 0.6) is 0 Å². The highest BCUT2D eigenvalue weighted by molar-refractivity contribution is 5.59. The molecule has 0 rings (SSSR count). The van der Waals surface area contributed by atoms with Gasteiger partial charge in [0.25, 0.3) is 0 Å². The molecular weight excluding hydrogens is 232 g/mol. The van der Waals surface area contributed by atoms with Gasteiger partial charge in [0.15, 0.2) is 0 Å². The Hall–Kier alpha value is -0.770. The fourth-order valence-electron chi connectivity index (χ4n) is 1.77. The summed E-state index contributed by atoms with van der Waals surface area (Å²) >= 11 is 0.